The fourth-order valence-electron chi connectivity index (χ4n) is 1.03. The topological polar surface area (TPSA) is 51.2 Å². The Morgan fingerprint density at radius 1 is 1.71 bits per heavy atom. The molecule has 0 unspecified atom stereocenters. The van der Waals surface area contributed by atoms with Gasteiger partial charge in [-0.15, -0.1) is 0 Å². The lowest BCUT2D eigenvalue weighted by molar-refractivity contribution is 0.0985. The van der Waals surface area contributed by atoms with Crippen molar-refractivity contribution in [2.75, 3.05) is 20.7 Å². The molecule has 1 N–H and O–H groups in total. The Morgan fingerprint density at radius 3 is 3.00 bits per heavy atom. The molecule has 76 valence electrons. The van der Waals surface area contributed by atoms with Crippen molar-refractivity contribution in [1.29, 1.82) is 0 Å². The zero-order chi connectivity index (χ0) is 10.6. The first kappa shape index (κ1) is 10.9. The fourth-order valence-corrected chi connectivity index (χ4v) is 1.18. The molecule has 0 fully saturated rings. The number of carbonyl (C=O) groups excluding carboxylic acids is 1. The van der Waals surface area contributed by atoms with Crippen molar-refractivity contribution in [1.82, 2.24) is 10.3 Å². The maximum atomic E-state index is 11.5. The van der Waals surface area contributed by atoms with Crippen LogP contribution >= 0.6 is 11.6 Å². The summed E-state index contributed by atoms with van der Waals surface area (Å²) < 4.78 is 5.00. The molecule has 5 heteroatoms. The number of ketones is 1. The lowest BCUT2D eigenvalue weighted by Gasteiger charge is -2.06. The number of Topliss-reactive ketones (excluding diaryl/α,β-unsaturated/α-hetero) is 1. The molecule has 0 aromatic carbocycles. The monoisotopic (exact) mass is 214 g/mol. The molecule has 0 aliphatic rings. The molecule has 14 heavy (non-hydrogen) atoms. The molecule has 0 spiro atoms. The summed E-state index contributed by atoms with van der Waals surface area (Å²) in [6, 6.07) is 1.57. The fraction of sp³-hybridized carbons (Fsp3) is 0.333. The molecule has 4 nitrogen and oxygen atoms in total. The van der Waals surface area contributed by atoms with Gasteiger partial charge in [-0.3, -0.25) is 4.79 Å². The maximum absolute atomic E-state index is 11.5. The Morgan fingerprint density at radius 2 is 2.43 bits per heavy atom. The maximum Gasteiger partial charge on any atom is 0.198 e. The Balaban J connectivity index is 3.01. The summed E-state index contributed by atoms with van der Waals surface area (Å²) in [7, 11) is 3.17. The molecule has 0 atom stereocenters. The molecule has 0 saturated carbocycles. The van der Waals surface area contributed by atoms with Crippen LogP contribution in [0.2, 0.25) is 5.02 Å². The number of aromatic nitrogens is 1. The van der Waals surface area contributed by atoms with Crippen molar-refractivity contribution in [3.8, 4) is 5.75 Å². The zero-order valence-corrected chi connectivity index (χ0v) is 8.76. The van der Waals surface area contributed by atoms with E-state index in [-0.39, 0.29) is 12.3 Å². The van der Waals surface area contributed by atoms with E-state index in [1.54, 1.807) is 13.1 Å². The molecule has 1 aromatic rings. The van der Waals surface area contributed by atoms with Crippen LogP contribution in [-0.4, -0.2) is 31.5 Å². The normalized spacial score (nSPS) is 9.93. The second-order valence-corrected chi connectivity index (χ2v) is 3.09. The molecule has 0 saturated heterocycles. The number of pyridine rings is 1. The van der Waals surface area contributed by atoms with E-state index in [4.69, 9.17) is 16.3 Å². The van der Waals surface area contributed by atoms with Gasteiger partial charge in [0.2, 0.25) is 0 Å². The Hall–Kier alpha value is -1.13. The third-order valence-corrected chi connectivity index (χ3v) is 1.85. The molecule has 0 aliphatic heterocycles. The van der Waals surface area contributed by atoms with Crippen molar-refractivity contribution in [2.45, 2.75) is 0 Å². The first-order valence-corrected chi connectivity index (χ1v) is 4.44. The van der Waals surface area contributed by atoms with Crippen molar-refractivity contribution in [2.24, 2.45) is 0 Å². The Labute approximate surface area is 87.2 Å². The largest absolute Gasteiger partial charge is 0.494 e. The summed E-state index contributed by atoms with van der Waals surface area (Å²) in [6.07, 6.45) is 1.42. The third kappa shape index (κ3) is 2.43. The third-order valence-electron chi connectivity index (χ3n) is 1.64. The number of methoxy groups -OCH3 is 1. The van der Waals surface area contributed by atoms with Crippen molar-refractivity contribution < 1.29 is 9.53 Å². The number of nitrogens with one attached hydrogen (secondary N) is 1. The van der Waals surface area contributed by atoms with Gasteiger partial charge < -0.3 is 10.1 Å². The summed E-state index contributed by atoms with van der Waals surface area (Å²) in [4.78, 5) is 15.4. The van der Waals surface area contributed by atoms with Gasteiger partial charge in [0, 0.05) is 12.3 Å². The summed E-state index contributed by atoms with van der Waals surface area (Å²) in [5, 5.41) is 3.20. The number of nitrogens with zero attached hydrogens (tertiary/aromatic N) is 1. The molecule has 1 rings (SSSR count). The van der Waals surface area contributed by atoms with E-state index in [1.807, 2.05) is 0 Å². The Bertz CT molecular complexity index is 342. The summed E-state index contributed by atoms with van der Waals surface area (Å²) in [6.45, 7) is 0.227. The van der Waals surface area contributed by atoms with Crippen LogP contribution in [0.25, 0.3) is 0 Å². The first-order valence-electron chi connectivity index (χ1n) is 4.06. The summed E-state index contributed by atoms with van der Waals surface area (Å²) in [5.74, 6) is 0.277. The van der Waals surface area contributed by atoms with Gasteiger partial charge in [-0.1, -0.05) is 11.6 Å². The van der Waals surface area contributed by atoms with Crippen molar-refractivity contribution in [3.63, 3.8) is 0 Å². The number of halogens is 1. The lowest BCUT2D eigenvalue weighted by Crippen LogP contribution is -2.20. The molecule has 0 aliphatic carbocycles. The van der Waals surface area contributed by atoms with Crippen LogP contribution in [0.3, 0.4) is 0 Å². The van der Waals surface area contributed by atoms with E-state index in [9.17, 15) is 4.79 Å². The van der Waals surface area contributed by atoms with Gasteiger partial charge in [-0.05, 0) is 7.05 Å². The van der Waals surface area contributed by atoms with Crippen LogP contribution in [0.1, 0.15) is 10.5 Å². The van der Waals surface area contributed by atoms with E-state index in [0.717, 1.165) is 0 Å². The summed E-state index contributed by atoms with van der Waals surface area (Å²) >= 11 is 5.71. The van der Waals surface area contributed by atoms with Gasteiger partial charge in [0.25, 0.3) is 0 Å². The van der Waals surface area contributed by atoms with E-state index in [2.05, 4.69) is 10.3 Å². The van der Waals surface area contributed by atoms with E-state index < -0.39 is 0 Å². The van der Waals surface area contributed by atoms with Crippen molar-refractivity contribution in [3.05, 3.63) is 23.0 Å². The summed E-state index contributed by atoms with van der Waals surface area (Å²) in [5.41, 5.74) is 0.297. The van der Waals surface area contributed by atoms with Crippen LogP contribution in [0.5, 0.6) is 5.75 Å². The smallest absolute Gasteiger partial charge is 0.198 e. The highest BCUT2D eigenvalue weighted by atomic mass is 35.5. The van der Waals surface area contributed by atoms with E-state index in [0.29, 0.717) is 16.5 Å². The van der Waals surface area contributed by atoms with Crippen molar-refractivity contribution >= 4 is 17.4 Å². The number of ether oxygens (including phenoxy) is 1. The lowest BCUT2D eigenvalue weighted by atomic mass is 10.2. The average molecular weight is 215 g/mol. The van der Waals surface area contributed by atoms with Gasteiger partial charge >= 0.3 is 0 Å². The van der Waals surface area contributed by atoms with E-state index in [1.165, 1.54) is 13.3 Å². The van der Waals surface area contributed by atoms with Crippen LogP contribution in [0, 0.1) is 0 Å². The molecule has 0 bridgehead atoms. The molecule has 1 aromatic heterocycles. The van der Waals surface area contributed by atoms with Crippen LogP contribution in [0.4, 0.5) is 0 Å². The van der Waals surface area contributed by atoms with Crippen LogP contribution in [-0.2, 0) is 0 Å². The number of carbonyl (C=O) groups is 1. The van der Waals surface area contributed by atoms with Crippen LogP contribution in [0.15, 0.2) is 12.3 Å². The zero-order valence-electron chi connectivity index (χ0n) is 8.00. The molecule has 0 amide bonds. The minimum atomic E-state index is -0.124. The molecule has 0 radical (unpaired) electrons. The first-order chi connectivity index (χ1) is 6.69. The quantitative estimate of drug-likeness (QED) is 0.764. The molecule has 1 heterocycles. The van der Waals surface area contributed by atoms with E-state index >= 15 is 0 Å². The van der Waals surface area contributed by atoms with Gasteiger partial charge in [-0.25, -0.2) is 4.98 Å². The number of hydrogen-bond donors (Lipinski definition) is 1. The number of likely N-dealkylation sites (N-methyl/N-ethyl adjacent to an activating group) is 1. The highest BCUT2D eigenvalue weighted by molar-refractivity contribution is 6.30. The minimum absolute atomic E-state index is 0.124. The highest BCUT2D eigenvalue weighted by Crippen LogP contribution is 2.20. The van der Waals surface area contributed by atoms with Gasteiger partial charge in [0.1, 0.15) is 11.4 Å². The predicted octanol–water partition coefficient (Wildman–Crippen LogP) is 1.15. The minimum Gasteiger partial charge on any atom is -0.494 e. The molecular weight excluding hydrogens is 204 g/mol. The average Bonchev–Trinajstić information content (AvgIpc) is 2.17. The van der Waals surface area contributed by atoms with Gasteiger partial charge in [-0.2, -0.15) is 0 Å². The second kappa shape index (κ2) is 4.93. The highest BCUT2D eigenvalue weighted by Gasteiger charge is 2.13. The SMILES string of the molecule is CNCC(=O)c1ncc(Cl)cc1OC. The standard InChI is InChI=1S/C9H11ClN2O2/c1-11-5-7(13)9-8(14-2)3-6(10)4-12-9/h3-4,11H,5H2,1-2H3. The van der Waals surface area contributed by atoms with Gasteiger partial charge in [0.05, 0.1) is 18.7 Å². The Kier molecular flexibility index (Phi) is 3.85. The van der Waals surface area contributed by atoms with Gasteiger partial charge in [0.15, 0.2) is 5.78 Å². The second-order valence-electron chi connectivity index (χ2n) is 2.66. The predicted molar refractivity (Wildman–Crippen MR) is 54.1 cm³/mol. The van der Waals surface area contributed by atoms with Crippen LogP contribution < -0.4 is 10.1 Å². The number of hydrogen-bond acceptors (Lipinski definition) is 4. The number of rotatable bonds is 4. The molecular formula is C9H11ClN2O2.